The Bertz CT molecular complexity index is 126. The van der Waals surface area contributed by atoms with E-state index in [0.717, 1.165) is 12.8 Å². The van der Waals surface area contributed by atoms with Gasteiger partial charge >= 0.3 is 0 Å². The molecule has 1 atom stereocenters. The molecule has 4 heteroatoms. The summed E-state index contributed by atoms with van der Waals surface area (Å²) in [6.45, 7) is 2.75. The van der Waals surface area contributed by atoms with Crippen molar-refractivity contribution < 1.29 is 9.90 Å². The highest BCUT2D eigenvalue weighted by atomic mass is 16.3. The third kappa shape index (κ3) is 7.50. The zero-order valence-electron chi connectivity index (χ0n) is 7.76. The van der Waals surface area contributed by atoms with Gasteiger partial charge in [-0.2, -0.15) is 0 Å². The van der Waals surface area contributed by atoms with Crippen molar-refractivity contribution in [2.24, 2.45) is 0 Å². The van der Waals surface area contributed by atoms with E-state index >= 15 is 0 Å². The van der Waals surface area contributed by atoms with Gasteiger partial charge in [-0.05, 0) is 26.8 Å². The van der Waals surface area contributed by atoms with E-state index in [0.29, 0.717) is 13.1 Å². The number of carbonyl (C=O) groups is 1. The largest absolute Gasteiger partial charge is 0.393 e. The van der Waals surface area contributed by atoms with Crippen LogP contribution in [-0.4, -0.2) is 37.3 Å². The highest BCUT2D eigenvalue weighted by Gasteiger charge is 1.98. The van der Waals surface area contributed by atoms with E-state index in [1.807, 2.05) is 0 Å². The predicted molar refractivity (Wildman–Crippen MR) is 47.9 cm³/mol. The summed E-state index contributed by atoms with van der Waals surface area (Å²) in [4.78, 5) is 10.9. The van der Waals surface area contributed by atoms with E-state index < -0.39 is 0 Å². The van der Waals surface area contributed by atoms with Gasteiger partial charge in [-0.3, -0.25) is 4.79 Å². The molecule has 0 spiro atoms. The van der Waals surface area contributed by atoms with Gasteiger partial charge in [0, 0.05) is 6.54 Å². The molecule has 0 aromatic carbocycles. The summed E-state index contributed by atoms with van der Waals surface area (Å²) in [7, 11) is 1.73. The van der Waals surface area contributed by atoms with Crippen LogP contribution in [0.4, 0.5) is 0 Å². The normalized spacial score (nSPS) is 12.6. The quantitative estimate of drug-likeness (QED) is 0.475. The summed E-state index contributed by atoms with van der Waals surface area (Å²) in [6, 6.07) is 0. The molecular weight excluding hydrogens is 156 g/mol. The Balaban J connectivity index is 3.14. The molecule has 0 aliphatic rings. The van der Waals surface area contributed by atoms with Crippen LogP contribution in [0.25, 0.3) is 0 Å². The Morgan fingerprint density at radius 3 is 2.75 bits per heavy atom. The molecule has 12 heavy (non-hydrogen) atoms. The van der Waals surface area contributed by atoms with Crippen LogP contribution in [0.2, 0.25) is 0 Å². The molecule has 0 heterocycles. The topological polar surface area (TPSA) is 61.4 Å². The van der Waals surface area contributed by atoms with Gasteiger partial charge in [-0.1, -0.05) is 0 Å². The number of hydrogen-bond donors (Lipinski definition) is 3. The number of hydrogen-bond acceptors (Lipinski definition) is 3. The Labute approximate surface area is 73.3 Å². The highest BCUT2D eigenvalue weighted by Crippen LogP contribution is 1.92. The molecule has 0 aromatic rings. The summed E-state index contributed by atoms with van der Waals surface area (Å²) in [6.07, 6.45) is 1.29. The number of rotatable bonds is 6. The fourth-order valence-corrected chi connectivity index (χ4v) is 0.848. The number of carbonyl (C=O) groups excluding carboxylic acids is 1. The van der Waals surface area contributed by atoms with Crippen LogP contribution in [0.1, 0.15) is 19.8 Å². The molecule has 3 N–H and O–H groups in total. The third-order valence-corrected chi connectivity index (χ3v) is 1.46. The second-order valence-corrected chi connectivity index (χ2v) is 2.87. The molecule has 0 bridgehead atoms. The number of likely N-dealkylation sites (N-methyl/N-ethyl adjacent to an activating group) is 1. The van der Waals surface area contributed by atoms with Crippen molar-refractivity contribution >= 4 is 5.91 Å². The molecule has 0 aliphatic carbocycles. The van der Waals surface area contributed by atoms with Gasteiger partial charge in [0.25, 0.3) is 0 Å². The first-order valence-corrected chi connectivity index (χ1v) is 4.26. The molecule has 0 aliphatic heterocycles. The van der Waals surface area contributed by atoms with Crippen LogP contribution in [0.3, 0.4) is 0 Å². The van der Waals surface area contributed by atoms with E-state index in [2.05, 4.69) is 10.6 Å². The van der Waals surface area contributed by atoms with Crippen molar-refractivity contribution in [2.75, 3.05) is 20.1 Å². The van der Waals surface area contributed by atoms with Gasteiger partial charge < -0.3 is 15.7 Å². The average Bonchev–Trinajstić information content (AvgIpc) is 1.98. The van der Waals surface area contributed by atoms with Crippen molar-refractivity contribution in [3.8, 4) is 0 Å². The zero-order valence-corrected chi connectivity index (χ0v) is 7.76. The van der Waals surface area contributed by atoms with E-state index in [1.165, 1.54) is 0 Å². The monoisotopic (exact) mass is 174 g/mol. The maximum absolute atomic E-state index is 10.9. The van der Waals surface area contributed by atoms with Gasteiger partial charge in [-0.15, -0.1) is 0 Å². The minimum absolute atomic E-state index is 0.00286. The van der Waals surface area contributed by atoms with Crippen LogP contribution in [-0.2, 0) is 4.79 Å². The van der Waals surface area contributed by atoms with Gasteiger partial charge in [0.15, 0.2) is 0 Å². The molecule has 0 rings (SSSR count). The van der Waals surface area contributed by atoms with Crippen molar-refractivity contribution in [2.45, 2.75) is 25.9 Å². The summed E-state index contributed by atoms with van der Waals surface area (Å²) in [5.41, 5.74) is 0. The minimum atomic E-state index is -0.272. The third-order valence-electron chi connectivity index (χ3n) is 1.46. The molecular formula is C8H18N2O2. The highest BCUT2D eigenvalue weighted by molar-refractivity contribution is 5.77. The van der Waals surface area contributed by atoms with Crippen LogP contribution in [0, 0.1) is 0 Å². The molecule has 0 aromatic heterocycles. The van der Waals surface area contributed by atoms with Crippen LogP contribution in [0.15, 0.2) is 0 Å². The predicted octanol–water partition coefficient (Wildman–Crippen LogP) is -0.517. The summed E-state index contributed by atoms with van der Waals surface area (Å²) in [5, 5.41) is 14.4. The lowest BCUT2D eigenvalue weighted by Crippen LogP contribution is -2.32. The van der Waals surface area contributed by atoms with Gasteiger partial charge in [-0.25, -0.2) is 0 Å². The first-order chi connectivity index (χ1) is 5.66. The SMILES string of the molecule is CNCC(=O)NCCCC(C)O. The van der Waals surface area contributed by atoms with Gasteiger partial charge in [0.2, 0.25) is 5.91 Å². The molecule has 0 saturated heterocycles. The van der Waals surface area contributed by atoms with Crippen LogP contribution in [0.5, 0.6) is 0 Å². The van der Waals surface area contributed by atoms with E-state index in [1.54, 1.807) is 14.0 Å². The number of aliphatic hydroxyl groups excluding tert-OH is 1. The fraction of sp³-hybridized carbons (Fsp3) is 0.875. The standard InChI is InChI=1S/C8H18N2O2/c1-7(11)4-3-5-10-8(12)6-9-2/h7,9,11H,3-6H2,1-2H3,(H,10,12). The molecule has 4 nitrogen and oxygen atoms in total. The number of nitrogens with one attached hydrogen (secondary N) is 2. The molecule has 0 fully saturated rings. The Kier molecular flexibility index (Phi) is 6.70. The first-order valence-electron chi connectivity index (χ1n) is 4.26. The summed E-state index contributed by atoms with van der Waals surface area (Å²) in [5.74, 6) is 0.00286. The first kappa shape index (κ1) is 11.4. The minimum Gasteiger partial charge on any atom is -0.393 e. The Hall–Kier alpha value is -0.610. The lowest BCUT2D eigenvalue weighted by atomic mass is 10.2. The molecule has 0 saturated carbocycles. The van der Waals surface area contributed by atoms with Crippen molar-refractivity contribution in [1.82, 2.24) is 10.6 Å². The van der Waals surface area contributed by atoms with Crippen molar-refractivity contribution in [3.63, 3.8) is 0 Å². The Morgan fingerprint density at radius 2 is 2.25 bits per heavy atom. The molecule has 1 amide bonds. The molecule has 72 valence electrons. The van der Waals surface area contributed by atoms with Crippen molar-refractivity contribution in [3.05, 3.63) is 0 Å². The second-order valence-electron chi connectivity index (χ2n) is 2.87. The maximum atomic E-state index is 10.9. The summed E-state index contributed by atoms with van der Waals surface area (Å²) >= 11 is 0. The van der Waals surface area contributed by atoms with Crippen molar-refractivity contribution in [1.29, 1.82) is 0 Å². The smallest absolute Gasteiger partial charge is 0.233 e. The van der Waals surface area contributed by atoms with Crippen LogP contribution >= 0.6 is 0 Å². The van der Waals surface area contributed by atoms with E-state index in [9.17, 15) is 4.79 Å². The zero-order chi connectivity index (χ0) is 9.40. The molecule has 1 unspecified atom stereocenters. The average molecular weight is 174 g/mol. The fourth-order valence-electron chi connectivity index (χ4n) is 0.848. The lowest BCUT2D eigenvalue weighted by molar-refractivity contribution is -0.120. The lowest BCUT2D eigenvalue weighted by Gasteiger charge is -2.05. The number of amides is 1. The van der Waals surface area contributed by atoms with E-state index in [-0.39, 0.29) is 12.0 Å². The second kappa shape index (κ2) is 7.06. The van der Waals surface area contributed by atoms with Gasteiger partial charge in [0.1, 0.15) is 0 Å². The molecule has 0 radical (unpaired) electrons. The van der Waals surface area contributed by atoms with Crippen LogP contribution < -0.4 is 10.6 Å². The maximum Gasteiger partial charge on any atom is 0.233 e. The van der Waals surface area contributed by atoms with E-state index in [4.69, 9.17) is 5.11 Å². The number of aliphatic hydroxyl groups is 1. The Morgan fingerprint density at radius 1 is 1.58 bits per heavy atom. The van der Waals surface area contributed by atoms with Gasteiger partial charge in [0.05, 0.1) is 12.6 Å². The summed E-state index contributed by atoms with van der Waals surface area (Å²) < 4.78 is 0.